The first kappa shape index (κ1) is 13.3. The van der Waals surface area contributed by atoms with Crippen LogP contribution in [0.5, 0.6) is 0 Å². The highest BCUT2D eigenvalue weighted by Gasteiger charge is 2.23. The van der Waals surface area contributed by atoms with Gasteiger partial charge in [0.1, 0.15) is 0 Å². The molecule has 1 amide bonds. The molecule has 0 bridgehead atoms. The van der Waals surface area contributed by atoms with Crippen molar-refractivity contribution >= 4 is 27.5 Å². The lowest BCUT2D eigenvalue weighted by Gasteiger charge is -2.25. The number of anilines is 1. The molecule has 2 N–H and O–H groups in total. The number of benzene rings is 2. The van der Waals surface area contributed by atoms with Crippen molar-refractivity contribution in [2.24, 2.45) is 0 Å². The second-order valence-corrected chi connectivity index (χ2v) is 5.82. The third kappa shape index (κ3) is 2.92. The molecule has 2 aromatic carbocycles. The number of hydrogen-bond acceptors (Lipinski definition) is 2. The molecule has 1 heterocycles. The largest absolute Gasteiger partial charge is 0.325 e. The summed E-state index contributed by atoms with van der Waals surface area (Å²) in [6.45, 7) is 0.743. The summed E-state index contributed by atoms with van der Waals surface area (Å²) >= 11 is 3.40. The number of rotatable bonds is 2. The van der Waals surface area contributed by atoms with Crippen molar-refractivity contribution < 1.29 is 4.79 Å². The number of nitrogens with one attached hydrogen (secondary N) is 2. The number of amides is 1. The maximum absolute atomic E-state index is 12.3. The Balaban J connectivity index is 1.70. The Morgan fingerprint density at radius 2 is 1.95 bits per heavy atom. The Morgan fingerprint density at radius 3 is 2.75 bits per heavy atom. The summed E-state index contributed by atoms with van der Waals surface area (Å²) < 4.78 is 0.956. The zero-order valence-electron chi connectivity index (χ0n) is 10.9. The summed E-state index contributed by atoms with van der Waals surface area (Å²) in [5, 5.41) is 6.24. The van der Waals surface area contributed by atoms with E-state index in [2.05, 4.69) is 38.7 Å². The van der Waals surface area contributed by atoms with Crippen LogP contribution in [0.25, 0.3) is 0 Å². The first-order valence-corrected chi connectivity index (χ1v) is 7.38. The first-order valence-electron chi connectivity index (χ1n) is 6.59. The molecule has 3 rings (SSSR count). The smallest absolute Gasteiger partial charge is 0.241 e. The number of carbonyl (C=O) groups is 1. The third-order valence-electron chi connectivity index (χ3n) is 3.49. The van der Waals surface area contributed by atoms with Crippen molar-refractivity contribution in [3.8, 4) is 0 Å². The summed E-state index contributed by atoms with van der Waals surface area (Å²) in [4.78, 5) is 12.3. The highest BCUT2D eigenvalue weighted by molar-refractivity contribution is 9.10. The molecule has 1 aliphatic heterocycles. The summed E-state index contributed by atoms with van der Waals surface area (Å²) in [7, 11) is 0. The molecule has 4 heteroatoms. The van der Waals surface area contributed by atoms with Crippen LogP contribution in [0.2, 0.25) is 0 Å². The lowest BCUT2D eigenvalue weighted by Crippen LogP contribution is -2.44. The average Bonchev–Trinajstić information content (AvgIpc) is 2.47. The normalized spacial score (nSPS) is 17.4. The number of carbonyl (C=O) groups excluding carboxylic acids is 1. The van der Waals surface area contributed by atoms with Crippen LogP contribution in [0.1, 0.15) is 11.1 Å². The predicted octanol–water partition coefficient (Wildman–Crippen LogP) is 3.10. The molecule has 3 nitrogen and oxygen atoms in total. The van der Waals surface area contributed by atoms with E-state index in [9.17, 15) is 4.79 Å². The van der Waals surface area contributed by atoms with E-state index in [1.165, 1.54) is 11.1 Å². The van der Waals surface area contributed by atoms with E-state index in [4.69, 9.17) is 0 Å². The molecule has 2 aromatic rings. The minimum atomic E-state index is -0.177. The van der Waals surface area contributed by atoms with Gasteiger partial charge in [0.25, 0.3) is 0 Å². The highest BCUT2D eigenvalue weighted by Crippen LogP contribution is 2.19. The fourth-order valence-electron chi connectivity index (χ4n) is 2.44. The highest BCUT2D eigenvalue weighted by atomic mass is 79.9. The van der Waals surface area contributed by atoms with Crippen molar-refractivity contribution in [3.05, 3.63) is 64.1 Å². The molecule has 0 fully saturated rings. The Labute approximate surface area is 126 Å². The predicted molar refractivity (Wildman–Crippen MR) is 83.5 cm³/mol. The molecule has 0 unspecified atom stereocenters. The molecule has 0 spiro atoms. The number of halogens is 1. The fraction of sp³-hybridized carbons (Fsp3) is 0.188. The van der Waals surface area contributed by atoms with Crippen LogP contribution in [-0.2, 0) is 17.8 Å². The molecule has 0 aliphatic carbocycles. The van der Waals surface area contributed by atoms with Gasteiger partial charge in [0.2, 0.25) is 5.91 Å². The van der Waals surface area contributed by atoms with Gasteiger partial charge >= 0.3 is 0 Å². The van der Waals surface area contributed by atoms with Crippen molar-refractivity contribution in [2.75, 3.05) is 5.32 Å². The van der Waals surface area contributed by atoms with Crippen LogP contribution in [0.15, 0.2) is 53.0 Å². The standard InChI is InChI=1S/C16H15BrN2O/c17-13-6-3-7-14(9-13)19-16(20)15-8-11-4-1-2-5-12(11)10-18-15/h1-7,9,15,18H,8,10H2,(H,19,20)/t15-/m1/s1. The van der Waals surface area contributed by atoms with Gasteiger partial charge in [-0.3, -0.25) is 4.79 Å². The summed E-state index contributed by atoms with van der Waals surface area (Å²) in [6, 6.07) is 15.7. The van der Waals surface area contributed by atoms with E-state index in [0.717, 1.165) is 23.1 Å². The Bertz CT molecular complexity index is 642. The molecule has 1 atom stereocenters. The van der Waals surface area contributed by atoms with Crippen LogP contribution in [0.3, 0.4) is 0 Å². The Kier molecular flexibility index (Phi) is 3.85. The molecule has 0 aromatic heterocycles. The molecule has 20 heavy (non-hydrogen) atoms. The summed E-state index contributed by atoms with van der Waals surface area (Å²) in [5.74, 6) is 0.0117. The molecular weight excluding hydrogens is 316 g/mol. The maximum atomic E-state index is 12.3. The van der Waals surface area contributed by atoms with Crippen molar-refractivity contribution in [1.29, 1.82) is 0 Å². The SMILES string of the molecule is O=C(Nc1cccc(Br)c1)[C@H]1Cc2ccccc2CN1. The number of fused-ring (bicyclic) bond motifs is 1. The summed E-state index contributed by atoms with van der Waals surface area (Å²) in [6.07, 6.45) is 0.732. The molecule has 0 saturated heterocycles. The van der Waals surface area contributed by atoms with E-state index < -0.39 is 0 Å². The maximum Gasteiger partial charge on any atom is 0.241 e. The molecular formula is C16H15BrN2O. The third-order valence-corrected chi connectivity index (χ3v) is 3.98. The van der Waals surface area contributed by atoms with E-state index >= 15 is 0 Å². The second-order valence-electron chi connectivity index (χ2n) is 4.91. The summed E-state index contributed by atoms with van der Waals surface area (Å²) in [5.41, 5.74) is 3.34. The molecule has 0 radical (unpaired) electrons. The van der Waals surface area contributed by atoms with Gasteiger partial charge in [-0.15, -0.1) is 0 Å². The van der Waals surface area contributed by atoms with Crippen molar-refractivity contribution in [2.45, 2.75) is 19.0 Å². The minimum Gasteiger partial charge on any atom is -0.325 e. The Hall–Kier alpha value is -1.65. The van der Waals surface area contributed by atoms with Gasteiger partial charge in [-0.25, -0.2) is 0 Å². The van der Waals surface area contributed by atoms with Crippen molar-refractivity contribution in [3.63, 3.8) is 0 Å². The van der Waals surface area contributed by atoms with Gasteiger partial charge in [0, 0.05) is 16.7 Å². The zero-order chi connectivity index (χ0) is 13.9. The van der Waals surface area contributed by atoms with Crippen LogP contribution in [0.4, 0.5) is 5.69 Å². The van der Waals surface area contributed by atoms with Gasteiger partial charge < -0.3 is 10.6 Å². The lowest BCUT2D eigenvalue weighted by atomic mass is 9.95. The fourth-order valence-corrected chi connectivity index (χ4v) is 2.83. The van der Waals surface area contributed by atoms with Gasteiger partial charge in [0.05, 0.1) is 6.04 Å². The minimum absolute atomic E-state index is 0.0117. The second kappa shape index (κ2) is 5.77. The van der Waals surface area contributed by atoms with E-state index in [1.54, 1.807) is 0 Å². The monoisotopic (exact) mass is 330 g/mol. The molecule has 102 valence electrons. The van der Waals surface area contributed by atoms with Crippen LogP contribution < -0.4 is 10.6 Å². The van der Waals surface area contributed by atoms with Crippen LogP contribution in [-0.4, -0.2) is 11.9 Å². The first-order chi connectivity index (χ1) is 9.72. The average molecular weight is 331 g/mol. The Morgan fingerprint density at radius 1 is 1.15 bits per heavy atom. The number of hydrogen-bond donors (Lipinski definition) is 2. The van der Waals surface area contributed by atoms with E-state index in [-0.39, 0.29) is 11.9 Å². The molecule has 0 saturated carbocycles. The zero-order valence-corrected chi connectivity index (χ0v) is 12.5. The van der Waals surface area contributed by atoms with Gasteiger partial charge in [-0.05, 0) is 35.7 Å². The topological polar surface area (TPSA) is 41.1 Å². The van der Waals surface area contributed by atoms with Crippen LogP contribution >= 0.6 is 15.9 Å². The lowest BCUT2D eigenvalue weighted by molar-refractivity contribution is -0.118. The molecule has 1 aliphatic rings. The van der Waals surface area contributed by atoms with Gasteiger partial charge in [-0.2, -0.15) is 0 Å². The van der Waals surface area contributed by atoms with E-state index in [0.29, 0.717) is 0 Å². The van der Waals surface area contributed by atoms with Crippen molar-refractivity contribution in [1.82, 2.24) is 5.32 Å². The van der Waals surface area contributed by atoms with E-state index in [1.807, 2.05) is 36.4 Å². The quantitative estimate of drug-likeness (QED) is 0.888. The van der Waals surface area contributed by atoms with Crippen LogP contribution in [0, 0.1) is 0 Å². The van der Waals surface area contributed by atoms with Gasteiger partial charge in [-0.1, -0.05) is 46.3 Å². The van der Waals surface area contributed by atoms with Gasteiger partial charge in [0.15, 0.2) is 0 Å².